The SMILES string of the molecule is CCc1cc(C(=O)N2CCc3c(c(C(=O)N4CCCCC4)nn3CCCc3cccnc3)C2)no1. The summed E-state index contributed by atoms with van der Waals surface area (Å²) in [7, 11) is 0. The molecule has 0 atom stereocenters. The van der Waals surface area contributed by atoms with E-state index < -0.39 is 0 Å². The van der Waals surface area contributed by atoms with E-state index in [1.165, 1.54) is 5.56 Å². The summed E-state index contributed by atoms with van der Waals surface area (Å²) in [5, 5.41) is 8.78. The fourth-order valence-electron chi connectivity index (χ4n) is 4.99. The minimum atomic E-state index is -0.167. The monoisotopic (exact) mass is 476 g/mol. The molecular weight excluding hydrogens is 444 g/mol. The van der Waals surface area contributed by atoms with Crippen LogP contribution < -0.4 is 0 Å². The number of piperidine rings is 1. The Morgan fingerprint density at radius 3 is 2.69 bits per heavy atom. The summed E-state index contributed by atoms with van der Waals surface area (Å²) in [6.07, 6.45) is 10.0. The van der Waals surface area contributed by atoms with E-state index in [2.05, 4.69) is 16.2 Å². The van der Waals surface area contributed by atoms with Crippen molar-refractivity contribution in [2.24, 2.45) is 0 Å². The van der Waals surface area contributed by atoms with Crippen LogP contribution in [0, 0.1) is 0 Å². The molecule has 0 N–H and O–H groups in total. The van der Waals surface area contributed by atoms with E-state index >= 15 is 0 Å². The molecule has 3 aromatic rings. The molecule has 35 heavy (non-hydrogen) atoms. The number of hydrogen-bond donors (Lipinski definition) is 0. The highest BCUT2D eigenvalue weighted by molar-refractivity contribution is 5.95. The lowest BCUT2D eigenvalue weighted by Gasteiger charge is -2.29. The summed E-state index contributed by atoms with van der Waals surface area (Å²) >= 11 is 0. The zero-order valence-corrected chi connectivity index (χ0v) is 20.3. The largest absolute Gasteiger partial charge is 0.361 e. The number of rotatable bonds is 7. The number of aromatic nitrogens is 4. The van der Waals surface area contributed by atoms with Crippen molar-refractivity contribution in [3.05, 3.63) is 64.6 Å². The van der Waals surface area contributed by atoms with Gasteiger partial charge in [-0.2, -0.15) is 5.10 Å². The molecule has 2 aliphatic heterocycles. The first-order valence-electron chi connectivity index (χ1n) is 12.7. The zero-order valence-electron chi connectivity index (χ0n) is 20.3. The lowest BCUT2D eigenvalue weighted by Crippen LogP contribution is -2.39. The molecule has 5 heterocycles. The Morgan fingerprint density at radius 1 is 1.09 bits per heavy atom. The van der Waals surface area contributed by atoms with Crippen LogP contribution in [0.15, 0.2) is 35.1 Å². The molecule has 9 nitrogen and oxygen atoms in total. The van der Waals surface area contributed by atoms with Crippen LogP contribution in [0.1, 0.15) is 76.2 Å². The predicted octanol–water partition coefficient (Wildman–Crippen LogP) is 3.29. The van der Waals surface area contributed by atoms with Crippen LogP contribution in [-0.2, 0) is 32.4 Å². The average Bonchev–Trinajstić information content (AvgIpc) is 3.54. The number of fused-ring (bicyclic) bond motifs is 1. The smallest absolute Gasteiger partial charge is 0.276 e. The van der Waals surface area contributed by atoms with Crippen molar-refractivity contribution in [3.63, 3.8) is 0 Å². The van der Waals surface area contributed by atoms with Gasteiger partial charge in [-0.3, -0.25) is 19.3 Å². The summed E-state index contributed by atoms with van der Waals surface area (Å²) in [6, 6.07) is 5.73. The van der Waals surface area contributed by atoms with E-state index in [0.29, 0.717) is 43.1 Å². The number of carbonyl (C=O) groups excluding carboxylic acids is 2. The van der Waals surface area contributed by atoms with Crippen LogP contribution in [0.2, 0.25) is 0 Å². The quantitative estimate of drug-likeness (QED) is 0.519. The maximum absolute atomic E-state index is 13.5. The maximum Gasteiger partial charge on any atom is 0.276 e. The summed E-state index contributed by atoms with van der Waals surface area (Å²) in [5.74, 6) is 0.504. The van der Waals surface area contributed by atoms with Crippen molar-refractivity contribution in [1.82, 2.24) is 29.7 Å². The maximum atomic E-state index is 13.5. The standard InChI is InChI=1S/C26H32N6O3/c1-2-20-16-22(29-35-20)25(33)31-15-10-23-21(18-31)24(26(34)30-12-4-3-5-13-30)28-32(23)14-7-9-19-8-6-11-27-17-19/h6,8,11,16-17H,2-5,7,9-10,12-15,18H2,1H3. The molecule has 1 saturated heterocycles. The van der Waals surface area contributed by atoms with Gasteiger partial charge in [0.05, 0.1) is 6.54 Å². The molecule has 2 amide bonds. The molecule has 0 spiro atoms. The van der Waals surface area contributed by atoms with Gasteiger partial charge in [0, 0.05) is 68.7 Å². The Kier molecular flexibility index (Phi) is 6.92. The second-order valence-electron chi connectivity index (χ2n) is 9.32. The Bertz CT molecular complexity index is 1180. The molecule has 2 aliphatic rings. The Labute approximate surface area is 205 Å². The highest BCUT2D eigenvalue weighted by Gasteiger charge is 2.33. The number of pyridine rings is 1. The van der Waals surface area contributed by atoms with E-state index in [1.807, 2.05) is 28.8 Å². The Morgan fingerprint density at radius 2 is 1.94 bits per heavy atom. The molecule has 0 bridgehead atoms. The van der Waals surface area contributed by atoms with Gasteiger partial charge >= 0.3 is 0 Å². The highest BCUT2D eigenvalue weighted by atomic mass is 16.5. The zero-order chi connectivity index (χ0) is 24.2. The normalized spacial score (nSPS) is 15.8. The first kappa shape index (κ1) is 23.3. The van der Waals surface area contributed by atoms with Gasteiger partial charge < -0.3 is 14.3 Å². The lowest BCUT2D eigenvalue weighted by molar-refractivity contribution is 0.0692. The molecule has 9 heteroatoms. The van der Waals surface area contributed by atoms with Crippen LogP contribution >= 0.6 is 0 Å². The minimum Gasteiger partial charge on any atom is -0.361 e. The fourth-order valence-corrected chi connectivity index (χ4v) is 4.99. The fraction of sp³-hybridized carbons (Fsp3) is 0.500. The van der Waals surface area contributed by atoms with Crippen LogP contribution in [0.3, 0.4) is 0 Å². The first-order chi connectivity index (χ1) is 17.1. The average molecular weight is 477 g/mol. The molecule has 5 rings (SSSR count). The van der Waals surface area contributed by atoms with Crippen molar-refractivity contribution in [2.75, 3.05) is 19.6 Å². The molecule has 184 valence electrons. The van der Waals surface area contributed by atoms with Crippen molar-refractivity contribution in [1.29, 1.82) is 0 Å². The van der Waals surface area contributed by atoms with E-state index in [-0.39, 0.29) is 11.8 Å². The molecule has 0 unspecified atom stereocenters. The van der Waals surface area contributed by atoms with Gasteiger partial charge in [0.25, 0.3) is 11.8 Å². The number of aryl methyl sites for hydroxylation is 3. The van der Waals surface area contributed by atoms with Gasteiger partial charge in [-0.05, 0) is 43.7 Å². The molecular formula is C26H32N6O3. The number of likely N-dealkylation sites (tertiary alicyclic amines) is 1. The van der Waals surface area contributed by atoms with Crippen LogP contribution in [0.25, 0.3) is 0 Å². The molecule has 3 aromatic heterocycles. The Balaban J connectivity index is 1.38. The molecule has 0 aromatic carbocycles. The van der Waals surface area contributed by atoms with Crippen molar-refractivity contribution in [3.8, 4) is 0 Å². The Hall–Kier alpha value is -3.49. The summed E-state index contributed by atoms with van der Waals surface area (Å²) in [4.78, 5) is 34.5. The summed E-state index contributed by atoms with van der Waals surface area (Å²) in [6.45, 7) is 5.14. The third-order valence-electron chi connectivity index (χ3n) is 6.95. The van der Waals surface area contributed by atoms with Crippen LogP contribution in [0.4, 0.5) is 0 Å². The van der Waals surface area contributed by atoms with Gasteiger partial charge in [0.1, 0.15) is 5.76 Å². The van der Waals surface area contributed by atoms with Crippen molar-refractivity contribution >= 4 is 11.8 Å². The van der Waals surface area contributed by atoms with E-state index in [0.717, 1.165) is 63.0 Å². The molecule has 0 radical (unpaired) electrons. The van der Waals surface area contributed by atoms with Gasteiger partial charge in [-0.25, -0.2) is 0 Å². The predicted molar refractivity (Wildman–Crippen MR) is 129 cm³/mol. The first-order valence-corrected chi connectivity index (χ1v) is 12.7. The van der Waals surface area contributed by atoms with Gasteiger partial charge in [-0.15, -0.1) is 0 Å². The van der Waals surface area contributed by atoms with E-state index in [4.69, 9.17) is 9.62 Å². The topological polar surface area (TPSA) is 97.4 Å². The third kappa shape index (κ3) is 4.99. The number of hydrogen-bond acceptors (Lipinski definition) is 6. The number of carbonyl (C=O) groups is 2. The second kappa shape index (κ2) is 10.4. The summed E-state index contributed by atoms with van der Waals surface area (Å²) < 4.78 is 7.24. The lowest BCUT2D eigenvalue weighted by atomic mass is 10.0. The molecule has 0 saturated carbocycles. The van der Waals surface area contributed by atoms with Crippen molar-refractivity contribution in [2.45, 2.75) is 65.0 Å². The van der Waals surface area contributed by atoms with Crippen LogP contribution in [0.5, 0.6) is 0 Å². The van der Waals surface area contributed by atoms with E-state index in [9.17, 15) is 9.59 Å². The second-order valence-corrected chi connectivity index (χ2v) is 9.32. The number of amides is 2. The molecule has 0 aliphatic carbocycles. The van der Waals surface area contributed by atoms with Gasteiger partial charge in [0.2, 0.25) is 0 Å². The molecule has 1 fully saturated rings. The third-order valence-corrected chi connectivity index (χ3v) is 6.95. The van der Waals surface area contributed by atoms with Crippen molar-refractivity contribution < 1.29 is 14.1 Å². The van der Waals surface area contributed by atoms with Gasteiger partial charge in [-0.1, -0.05) is 18.1 Å². The number of nitrogens with zero attached hydrogens (tertiary/aromatic N) is 6. The summed E-state index contributed by atoms with van der Waals surface area (Å²) in [5.41, 5.74) is 3.94. The van der Waals surface area contributed by atoms with Gasteiger partial charge in [0.15, 0.2) is 11.4 Å². The van der Waals surface area contributed by atoms with Crippen LogP contribution in [-0.4, -0.2) is 61.2 Å². The minimum absolute atomic E-state index is 0.0176. The highest BCUT2D eigenvalue weighted by Crippen LogP contribution is 2.26. The van der Waals surface area contributed by atoms with E-state index in [1.54, 1.807) is 17.2 Å².